The van der Waals surface area contributed by atoms with Crippen LogP contribution in [0.25, 0.3) is 33.4 Å². The fourth-order valence-corrected chi connectivity index (χ4v) is 4.61. The molecule has 7 heteroatoms. The number of carbonyl (C=O) groups excluding carboxylic acids is 1. The maximum absolute atomic E-state index is 12.3. The molecule has 37 heavy (non-hydrogen) atoms. The van der Waals surface area contributed by atoms with Crippen LogP contribution in [0.3, 0.4) is 0 Å². The highest BCUT2D eigenvalue weighted by molar-refractivity contribution is 5.92. The van der Waals surface area contributed by atoms with Gasteiger partial charge in [0, 0.05) is 56.3 Å². The average Bonchev–Trinajstić information content (AvgIpc) is 3.32. The van der Waals surface area contributed by atoms with Crippen LogP contribution in [0.4, 0.5) is 10.5 Å². The molecule has 4 aromatic rings. The third-order valence-corrected chi connectivity index (χ3v) is 6.46. The largest absolute Gasteiger partial charge is 0.462 e. The van der Waals surface area contributed by atoms with Crippen molar-refractivity contribution in [1.29, 1.82) is 0 Å². The zero-order valence-corrected chi connectivity index (χ0v) is 21.9. The van der Waals surface area contributed by atoms with Crippen LogP contribution in [0, 0.1) is 0 Å². The number of hydrogen-bond acceptors (Lipinski definition) is 6. The van der Waals surface area contributed by atoms with Crippen LogP contribution in [-0.4, -0.2) is 54.9 Å². The van der Waals surface area contributed by atoms with E-state index in [2.05, 4.69) is 41.3 Å². The van der Waals surface area contributed by atoms with Gasteiger partial charge in [-0.3, -0.25) is 4.98 Å². The SMILES string of the molecule is COCc1cccc(-c2coc3cc(-c4ccc(N5CCN(C(=O)OC(C)(C)C)CC5)cc4)cnc23)c1. The summed E-state index contributed by atoms with van der Waals surface area (Å²) in [4.78, 5) is 21.2. The Morgan fingerprint density at radius 2 is 1.73 bits per heavy atom. The number of rotatable bonds is 5. The smallest absolute Gasteiger partial charge is 0.410 e. The van der Waals surface area contributed by atoms with Gasteiger partial charge < -0.3 is 23.7 Å². The third-order valence-electron chi connectivity index (χ3n) is 6.46. The van der Waals surface area contributed by atoms with E-state index in [4.69, 9.17) is 18.9 Å². The third kappa shape index (κ3) is 5.62. The van der Waals surface area contributed by atoms with Gasteiger partial charge in [0.1, 0.15) is 17.4 Å². The highest BCUT2D eigenvalue weighted by Gasteiger charge is 2.26. The van der Waals surface area contributed by atoms with Crippen molar-refractivity contribution in [3.63, 3.8) is 0 Å². The quantitative estimate of drug-likeness (QED) is 0.318. The van der Waals surface area contributed by atoms with Gasteiger partial charge in [0.2, 0.25) is 0 Å². The van der Waals surface area contributed by atoms with E-state index >= 15 is 0 Å². The van der Waals surface area contributed by atoms with E-state index in [1.54, 1.807) is 18.3 Å². The van der Waals surface area contributed by atoms with Crippen LogP contribution in [0.15, 0.2) is 71.5 Å². The molecule has 1 aliphatic rings. The predicted molar refractivity (Wildman–Crippen MR) is 146 cm³/mol. The number of aromatic nitrogens is 1. The van der Waals surface area contributed by atoms with E-state index in [0.29, 0.717) is 19.7 Å². The Kier molecular flexibility index (Phi) is 6.89. The minimum atomic E-state index is -0.478. The van der Waals surface area contributed by atoms with Crippen LogP contribution in [-0.2, 0) is 16.1 Å². The van der Waals surface area contributed by atoms with Gasteiger partial charge in [-0.25, -0.2) is 4.79 Å². The molecular weight excluding hydrogens is 466 g/mol. The molecule has 2 aromatic heterocycles. The normalized spacial score (nSPS) is 14.3. The van der Waals surface area contributed by atoms with Gasteiger partial charge in [-0.15, -0.1) is 0 Å². The van der Waals surface area contributed by atoms with E-state index in [1.165, 1.54) is 0 Å². The summed E-state index contributed by atoms with van der Waals surface area (Å²) in [6, 6.07) is 18.7. The van der Waals surface area contributed by atoms with Gasteiger partial charge >= 0.3 is 6.09 Å². The molecule has 1 amide bonds. The van der Waals surface area contributed by atoms with Gasteiger partial charge in [0.05, 0.1) is 6.61 Å². The summed E-state index contributed by atoms with van der Waals surface area (Å²) < 4.78 is 16.7. The van der Waals surface area contributed by atoms with E-state index in [1.807, 2.05) is 45.2 Å². The molecule has 1 saturated heterocycles. The first-order chi connectivity index (χ1) is 17.8. The summed E-state index contributed by atoms with van der Waals surface area (Å²) >= 11 is 0. The van der Waals surface area contributed by atoms with E-state index in [0.717, 1.165) is 57.7 Å². The molecule has 192 valence electrons. The summed E-state index contributed by atoms with van der Waals surface area (Å²) in [5.41, 5.74) is 7.48. The fourth-order valence-electron chi connectivity index (χ4n) is 4.61. The second-order valence-electron chi connectivity index (χ2n) is 10.4. The zero-order valence-electron chi connectivity index (χ0n) is 21.9. The molecule has 0 bridgehead atoms. The number of piperazine rings is 1. The molecule has 0 N–H and O–H groups in total. The minimum absolute atomic E-state index is 0.242. The highest BCUT2D eigenvalue weighted by Crippen LogP contribution is 2.33. The van der Waals surface area contributed by atoms with Crippen molar-refractivity contribution in [2.24, 2.45) is 0 Å². The Morgan fingerprint density at radius 1 is 0.973 bits per heavy atom. The molecular formula is C30H33N3O4. The fraction of sp³-hybridized carbons (Fsp3) is 0.333. The number of anilines is 1. The van der Waals surface area contributed by atoms with Crippen molar-refractivity contribution in [3.8, 4) is 22.3 Å². The number of nitrogens with zero attached hydrogens (tertiary/aromatic N) is 3. The molecule has 0 atom stereocenters. The number of carbonyl (C=O) groups is 1. The Balaban J connectivity index is 1.27. The van der Waals surface area contributed by atoms with Gasteiger partial charge in [-0.1, -0.05) is 30.3 Å². The van der Waals surface area contributed by atoms with Crippen molar-refractivity contribution in [3.05, 3.63) is 72.6 Å². The highest BCUT2D eigenvalue weighted by atomic mass is 16.6. The van der Waals surface area contributed by atoms with E-state index in [-0.39, 0.29) is 6.09 Å². The van der Waals surface area contributed by atoms with Crippen molar-refractivity contribution in [2.75, 3.05) is 38.2 Å². The molecule has 0 saturated carbocycles. The minimum Gasteiger partial charge on any atom is -0.462 e. The standard InChI is InChI=1S/C30H33N3O4/c1-30(2,3)37-29(34)33-14-12-32(13-15-33)25-10-8-22(9-11-25)24-17-27-28(31-18-24)26(20-36-27)23-7-5-6-21(16-23)19-35-4/h5-11,16-18,20H,12-15,19H2,1-4H3. The van der Waals surface area contributed by atoms with Crippen LogP contribution < -0.4 is 4.90 Å². The van der Waals surface area contributed by atoms with Crippen LogP contribution in [0.1, 0.15) is 26.3 Å². The summed E-state index contributed by atoms with van der Waals surface area (Å²) in [5, 5.41) is 0. The van der Waals surface area contributed by atoms with Crippen LogP contribution in [0.2, 0.25) is 0 Å². The number of amides is 1. The second-order valence-corrected chi connectivity index (χ2v) is 10.4. The number of pyridine rings is 1. The van der Waals surface area contributed by atoms with Gasteiger partial charge in [0.15, 0.2) is 5.58 Å². The number of fused-ring (bicyclic) bond motifs is 1. The summed E-state index contributed by atoms with van der Waals surface area (Å²) in [6.45, 7) is 9.07. The lowest BCUT2D eigenvalue weighted by Crippen LogP contribution is -2.50. The monoisotopic (exact) mass is 499 g/mol. The number of benzene rings is 2. The first-order valence-electron chi connectivity index (χ1n) is 12.6. The van der Waals surface area contributed by atoms with Crippen molar-refractivity contribution >= 4 is 22.9 Å². The summed E-state index contributed by atoms with van der Waals surface area (Å²) in [7, 11) is 1.70. The zero-order chi connectivity index (χ0) is 26.0. The number of hydrogen-bond donors (Lipinski definition) is 0. The molecule has 3 heterocycles. The molecule has 1 fully saturated rings. The summed E-state index contributed by atoms with van der Waals surface area (Å²) in [5.74, 6) is 0. The van der Waals surface area contributed by atoms with Gasteiger partial charge in [-0.05, 0) is 61.7 Å². The topological polar surface area (TPSA) is 68.0 Å². The second kappa shape index (κ2) is 10.3. The van der Waals surface area contributed by atoms with Crippen molar-refractivity contribution < 1.29 is 18.7 Å². The number of ether oxygens (including phenoxy) is 2. The lowest BCUT2D eigenvalue weighted by molar-refractivity contribution is 0.0240. The van der Waals surface area contributed by atoms with Gasteiger partial charge in [-0.2, -0.15) is 0 Å². The number of furan rings is 1. The van der Waals surface area contributed by atoms with Crippen LogP contribution >= 0.6 is 0 Å². The molecule has 7 nitrogen and oxygen atoms in total. The maximum Gasteiger partial charge on any atom is 0.410 e. The maximum atomic E-state index is 12.3. The molecule has 1 aliphatic heterocycles. The number of methoxy groups -OCH3 is 1. The molecule has 2 aromatic carbocycles. The Hall–Kier alpha value is -3.84. The van der Waals surface area contributed by atoms with Crippen molar-refractivity contribution in [1.82, 2.24) is 9.88 Å². The molecule has 0 radical (unpaired) electrons. The Morgan fingerprint density at radius 3 is 2.43 bits per heavy atom. The molecule has 5 rings (SSSR count). The molecule has 0 spiro atoms. The van der Waals surface area contributed by atoms with E-state index < -0.39 is 5.60 Å². The molecule has 0 unspecified atom stereocenters. The van der Waals surface area contributed by atoms with E-state index in [9.17, 15) is 4.79 Å². The lowest BCUT2D eigenvalue weighted by Gasteiger charge is -2.36. The first kappa shape index (κ1) is 24.8. The lowest BCUT2D eigenvalue weighted by atomic mass is 10.0. The summed E-state index contributed by atoms with van der Waals surface area (Å²) in [6.07, 6.45) is 3.43. The van der Waals surface area contributed by atoms with Crippen LogP contribution in [0.5, 0.6) is 0 Å². The van der Waals surface area contributed by atoms with Crippen molar-refractivity contribution in [2.45, 2.75) is 33.0 Å². The molecule has 0 aliphatic carbocycles. The average molecular weight is 500 g/mol. The first-order valence-corrected chi connectivity index (χ1v) is 12.6. The van der Waals surface area contributed by atoms with Gasteiger partial charge in [0.25, 0.3) is 0 Å². The Labute approximate surface area is 217 Å². The Bertz CT molecular complexity index is 1380. The predicted octanol–water partition coefficient (Wildman–Crippen LogP) is 6.37.